The van der Waals surface area contributed by atoms with E-state index in [0.717, 1.165) is 0 Å². The van der Waals surface area contributed by atoms with Crippen LogP contribution in [0.2, 0.25) is 0 Å². The van der Waals surface area contributed by atoms with Crippen molar-refractivity contribution in [3.8, 4) is 0 Å². The van der Waals surface area contributed by atoms with Crippen LogP contribution in [0.5, 0.6) is 0 Å². The first-order chi connectivity index (χ1) is 11.0. The smallest absolute Gasteiger partial charge is 0.340 e. The van der Waals surface area contributed by atoms with Crippen molar-refractivity contribution in [2.45, 2.75) is 6.92 Å². The number of carbonyl (C=O) groups is 2. The molecule has 0 spiro atoms. The molecule has 0 bridgehead atoms. The average Bonchev–Trinajstić information content (AvgIpc) is 2.77. The first-order valence-electron chi connectivity index (χ1n) is 7.07. The summed E-state index contributed by atoms with van der Waals surface area (Å²) in [5.41, 5.74) is 1.60. The molecule has 0 saturated carbocycles. The molecule has 1 aromatic rings. The average molecular weight is 319 g/mol. The summed E-state index contributed by atoms with van der Waals surface area (Å²) >= 11 is 0. The first kappa shape index (κ1) is 16.9. The van der Waals surface area contributed by atoms with Gasteiger partial charge in [-0.3, -0.25) is 4.79 Å². The van der Waals surface area contributed by atoms with Gasteiger partial charge >= 0.3 is 5.97 Å². The second-order valence-corrected chi connectivity index (χ2v) is 5.01. The van der Waals surface area contributed by atoms with E-state index in [1.54, 1.807) is 13.0 Å². The van der Waals surface area contributed by atoms with Gasteiger partial charge in [0.05, 0.1) is 24.9 Å². The second kappa shape index (κ2) is 7.19. The minimum atomic E-state index is -0.580. The Morgan fingerprint density at radius 2 is 1.91 bits per heavy atom. The predicted octanol–water partition coefficient (Wildman–Crippen LogP) is 2.14. The molecule has 1 heterocycles. The van der Waals surface area contributed by atoms with Crippen LogP contribution in [0, 0.1) is 5.82 Å². The van der Waals surface area contributed by atoms with E-state index in [0.29, 0.717) is 24.4 Å². The molecule has 0 atom stereocenters. The second-order valence-electron chi connectivity index (χ2n) is 5.01. The molecule has 1 amide bonds. The van der Waals surface area contributed by atoms with Gasteiger partial charge in [-0.2, -0.15) is 0 Å². The normalized spacial score (nSPS) is 16.4. The van der Waals surface area contributed by atoms with Crippen molar-refractivity contribution in [1.82, 2.24) is 4.90 Å². The van der Waals surface area contributed by atoms with E-state index in [2.05, 4.69) is 0 Å². The van der Waals surface area contributed by atoms with Crippen molar-refractivity contribution in [3.63, 3.8) is 0 Å². The summed E-state index contributed by atoms with van der Waals surface area (Å²) in [4.78, 5) is 26.1. The number of carbonyl (C=O) groups excluding carboxylic acids is 2. The highest BCUT2D eigenvalue weighted by Crippen LogP contribution is 2.31. The fourth-order valence-corrected chi connectivity index (χ4v) is 2.41. The molecule has 6 heteroatoms. The zero-order valence-corrected chi connectivity index (χ0v) is 13.3. The highest BCUT2D eigenvalue weighted by Gasteiger charge is 2.36. The highest BCUT2D eigenvalue weighted by molar-refractivity contribution is 6.16. The summed E-state index contributed by atoms with van der Waals surface area (Å²) in [6.45, 7) is 2.37. The number of amides is 1. The van der Waals surface area contributed by atoms with Gasteiger partial charge in [0.15, 0.2) is 0 Å². The number of ether oxygens (including phenoxy) is 2. The van der Waals surface area contributed by atoms with Crippen LogP contribution < -0.4 is 0 Å². The lowest BCUT2D eigenvalue weighted by molar-refractivity contribution is -0.136. The molecule has 0 fully saturated rings. The molecular weight excluding hydrogens is 301 g/mol. The summed E-state index contributed by atoms with van der Waals surface area (Å²) in [7, 11) is 2.80. The van der Waals surface area contributed by atoms with Crippen LogP contribution >= 0.6 is 0 Å². The summed E-state index contributed by atoms with van der Waals surface area (Å²) < 4.78 is 22.8. The molecule has 0 aliphatic carbocycles. The van der Waals surface area contributed by atoms with Crippen LogP contribution in [0.15, 0.2) is 41.1 Å². The van der Waals surface area contributed by atoms with Gasteiger partial charge in [-0.1, -0.05) is 12.1 Å². The molecule has 122 valence electrons. The van der Waals surface area contributed by atoms with Gasteiger partial charge in [0.2, 0.25) is 0 Å². The third-order valence-electron chi connectivity index (χ3n) is 3.60. The lowest BCUT2D eigenvalue weighted by atomic mass is 10.0. The third-order valence-corrected chi connectivity index (χ3v) is 3.60. The van der Waals surface area contributed by atoms with Crippen LogP contribution in [-0.2, 0) is 19.1 Å². The molecule has 23 heavy (non-hydrogen) atoms. The van der Waals surface area contributed by atoms with Gasteiger partial charge in [0, 0.05) is 19.4 Å². The minimum absolute atomic E-state index is 0.220. The Bertz CT molecular complexity index is 676. The maximum Gasteiger partial charge on any atom is 0.340 e. The number of halogens is 1. The Kier molecular flexibility index (Phi) is 5.28. The number of allylic oxidation sites excluding steroid dienone is 1. The fourth-order valence-electron chi connectivity index (χ4n) is 2.41. The van der Waals surface area contributed by atoms with E-state index in [4.69, 9.17) is 9.47 Å². The molecule has 0 radical (unpaired) electrons. The molecule has 1 aromatic carbocycles. The summed E-state index contributed by atoms with van der Waals surface area (Å²) in [5.74, 6) is -1.25. The maximum absolute atomic E-state index is 13.0. The Morgan fingerprint density at radius 1 is 1.26 bits per heavy atom. The van der Waals surface area contributed by atoms with E-state index in [1.165, 1.54) is 43.4 Å². The summed E-state index contributed by atoms with van der Waals surface area (Å²) in [6, 6.07) is 5.67. The molecule has 2 rings (SSSR count). The first-order valence-corrected chi connectivity index (χ1v) is 7.07. The largest absolute Gasteiger partial charge is 0.465 e. The number of rotatable bonds is 5. The van der Waals surface area contributed by atoms with Gasteiger partial charge in [-0.05, 0) is 30.7 Å². The quantitative estimate of drug-likeness (QED) is 0.616. The van der Waals surface area contributed by atoms with Crippen molar-refractivity contribution < 1.29 is 23.5 Å². The highest BCUT2D eigenvalue weighted by atomic mass is 19.1. The number of nitrogens with zero attached hydrogens (tertiary/aromatic N) is 1. The number of methoxy groups -OCH3 is 2. The van der Waals surface area contributed by atoms with E-state index in [9.17, 15) is 14.0 Å². The van der Waals surface area contributed by atoms with Crippen LogP contribution in [0.25, 0.3) is 6.08 Å². The molecule has 1 aliphatic rings. The Hall–Kier alpha value is -2.47. The summed E-state index contributed by atoms with van der Waals surface area (Å²) in [6.07, 6.45) is 1.56. The maximum atomic E-state index is 13.0. The molecule has 1 aliphatic heterocycles. The predicted molar refractivity (Wildman–Crippen MR) is 82.7 cm³/mol. The van der Waals surface area contributed by atoms with Crippen molar-refractivity contribution in [3.05, 3.63) is 52.5 Å². The van der Waals surface area contributed by atoms with Gasteiger partial charge < -0.3 is 14.4 Å². The molecule has 5 nitrogen and oxygen atoms in total. The van der Waals surface area contributed by atoms with E-state index in [1.807, 2.05) is 0 Å². The van der Waals surface area contributed by atoms with Gasteiger partial charge in [0.1, 0.15) is 5.82 Å². The Morgan fingerprint density at radius 3 is 2.48 bits per heavy atom. The van der Waals surface area contributed by atoms with Gasteiger partial charge in [-0.25, -0.2) is 9.18 Å². The molecule has 0 N–H and O–H groups in total. The topological polar surface area (TPSA) is 55.8 Å². The number of benzene rings is 1. The third kappa shape index (κ3) is 3.48. The van der Waals surface area contributed by atoms with Gasteiger partial charge in [0.25, 0.3) is 5.91 Å². The Labute approximate surface area is 134 Å². The van der Waals surface area contributed by atoms with Crippen molar-refractivity contribution >= 4 is 18.0 Å². The minimum Gasteiger partial charge on any atom is -0.465 e. The van der Waals surface area contributed by atoms with Crippen LogP contribution in [-0.4, -0.2) is 44.1 Å². The van der Waals surface area contributed by atoms with Crippen LogP contribution in [0.3, 0.4) is 0 Å². The van der Waals surface area contributed by atoms with Gasteiger partial charge in [-0.15, -0.1) is 0 Å². The van der Waals surface area contributed by atoms with E-state index in [-0.39, 0.29) is 22.9 Å². The van der Waals surface area contributed by atoms with E-state index < -0.39 is 5.97 Å². The summed E-state index contributed by atoms with van der Waals surface area (Å²) in [5, 5.41) is 0. The number of hydrogen-bond acceptors (Lipinski definition) is 4. The van der Waals surface area contributed by atoms with Crippen LogP contribution in [0.4, 0.5) is 4.39 Å². The van der Waals surface area contributed by atoms with Crippen molar-refractivity contribution in [2.24, 2.45) is 0 Å². The zero-order valence-electron chi connectivity index (χ0n) is 13.3. The SMILES string of the molecule is COCCN1C(=O)/C(=C/c2ccc(F)cc2)C(C(=O)OC)=C1C. The lowest BCUT2D eigenvalue weighted by Gasteiger charge is -2.16. The lowest BCUT2D eigenvalue weighted by Crippen LogP contribution is -2.28. The number of esters is 1. The molecule has 0 unspecified atom stereocenters. The van der Waals surface area contributed by atoms with Crippen molar-refractivity contribution in [2.75, 3.05) is 27.4 Å². The molecular formula is C17H18FNO4. The van der Waals surface area contributed by atoms with Crippen LogP contribution in [0.1, 0.15) is 12.5 Å². The van der Waals surface area contributed by atoms with Crippen molar-refractivity contribution in [1.29, 1.82) is 0 Å². The zero-order chi connectivity index (χ0) is 17.0. The molecule has 0 aromatic heterocycles. The standard InChI is InChI=1S/C17H18FNO4/c1-11-15(17(21)23-3)14(16(20)19(11)8-9-22-2)10-12-4-6-13(18)7-5-12/h4-7,10H,8-9H2,1-3H3/b14-10+. The molecule has 0 saturated heterocycles. The Balaban J connectivity index is 2.45. The van der Waals surface area contributed by atoms with E-state index >= 15 is 0 Å². The number of hydrogen-bond donors (Lipinski definition) is 0. The monoisotopic (exact) mass is 319 g/mol. The fraction of sp³-hybridized carbons (Fsp3) is 0.294.